The van der Waals surface area contributed by atoms with Crippen LogP contribution in [0.15, 0.2) is 201 Å². The molecule has 3 saturated carbocycles. The Morgan fingerprint density at radius 1 is 0.316 bits per heavy atom. The Balaban J connectivity index is 0.000000131. The maximum Gasteiger partial charge on any atom is 0.212 e. The van der Waals surface area contributed by atoms with Crippen molar-refractivity contribution < 1.29 is 15.1 Å². The zero-order chi connectivity index (χ0) is 53.3. The summed E-state index contributed by atoms with van der Waals surface area (Å²) < 4.78 is 15.4. The van der Waals surface area contributed by atoms with E-state index >= 15 is 0 Å². The summed E-state index contributed by atoms with van der Waals surface area (Å²) in [4.78, 5) is 0. The van der Waals surface area contributed by atoms with Gasteiger partial charge in [-0.15, -0.1) is 0 Å². The summed E-state index contributed by atoms with van der Waals surface area (Å²) in [5.74, 6) is 1.18. The Labute approximate surface area is 457 Å². The fourth-order valence-corrected chi connectivity index (χ4v) is 12.4. The van der Waals surface area contributed by atoms with Gasteiger partial charge in [-0.1, -0.05) is 172 Å². The summed E-state index contributed by atoms with van der Waals surface area (Å²) >= 11 is 0. The molecule has 6 aromatic carbocycles. The highest BCUT2D eigenvalue weighted by Gasteiger charge is 2.21. The number of pyridine rings is 3. The van der Waals surface area contributed by atoms with Crippen LogP contribution in [-0.2, 0) is 21.1 Å². The number of benzene rings is 6. The summed E-state index contributed by atoms with van der Waals surface area (Å²) in [6.07, 6.45) is 23.4. The lowest BCUT2D eigenvalue weighted by atomic mass is 9.83. The molecule has 3 aromatic heterocycles. The summed E-state index contributed by atoms with van der Waals surface area (Å²) in [6, 6.07) is 66.2. The van der Waals surface area contributed by atoms with Crippen molar-refractivity contribution in [3.63, 3.8) is 0 Å². The summed E-state index contributed by atoms with van der Waals surface area (Å²) in [5.41, 5.74) is 23.4. The zero-order valence-corrected chi connectivity index (χ0v) is 46.2. The topological polar surface area (TPSA) is 11.6 Å². The predicted octanol–water partition coefficient (Wildman–Crippen LogP) is 17.8. The molecule has 384 valence electrons. The van der Waals surface area contributed by atoms with Gasteiger partial charge in [0, 0.05) is 53.0 Å². The van der Waals surface area contributed by atoms with Crippen LogP contribution in [0.1, 0.15) is 136 Å². The van der Waals surface area contributed by atoms with Gasteiger partial charge in [0.05, 0.1) is 0 Å². The second kappa shape index (κ2) is 24.6. The maximum atomic E-state index is 8.67. The third-order valence-corrected chi connectivity index (χ3v) is 16.9. The Hall–Kier alpha value is -7.23. The lowest BCUT2D eigenvalue weighted by Gasteiger charge is -2.22. The van der Waals surface area contributed by atoms with Crippen LogP contribution in [0.4, 0.5) is 0 Å². The molecule has 0 unspecified atom stereocenters. The van der Waals surface area contributed by atoms with Gasteiger partial charge < -0.3 is 0 Å². The first-order valence-corrected chi connectivity index (χ1v) is 28.5. The van der Waals surface area contributed by atoms with E-state index in [0.29, 0.717) is 0 Å². The molecular formula is C73H80N3+3. The maximum absolute atomic E-state index is 8.67. The van der Waals surface area contributed by atoms with Crippen molar-refractivity contribution in [1.29, 1.82) is 0 Å². The van der Waals surface area contributed by atoms with Gasteiger partial charge in [-0.25, -0.2) is 13.7 Å². The molecular weight excluding hydrogens is 919 g/mol. The van der Waals surface area contributed by atoms with Crippen LogP contribution in [0.25, 0.3) is 67.2 Å². The zero-order valence-electron chi connectivity index (χ0n) is 47.2. The van der Waals surface area contributed by atoms with E-state index < -0.39 is 0 Å². The van der Waals surface area contributed by atoms with Crippen LogP contribution in [0, 0.1) is 20.8 Å². The smallest absolute Gasteiger partial charge is 0.200 e. The lowest BCUT2D eigenvalue weighted by molar-refractivity contribution is -0.660. The van der Waals surface area contributed by atoms with Crippen LogP contribution < -0.4 is 13.7 Å². The minimum Gasteiger partial charge on any atom is -0.200 e. The molecule has 12 rings (SSSR count). The van der Waals surface area contributed by atoms with E-state index in [0.717, 1.165) is 24.7 Å². The van der Waals surface area contributed by atoms with Crippen molar-refractivity contribution in [3.05, 3.63) is 234 Å². The molecule has 3 fully saturated rings. The number of nitrogens with zero attached hydrogens (tertiary/aromatic N) is 3. The molecule has 0 bridgehead atoms. The van der Waals surface area contributed by atoms with E-state index in [1.54, 1.807) is 0 Å². The van der Waals surface area contributed by atoms with E-state index in [4.69, 9.17) is 1.37 Å². The fraction of sp³-hybridized carbons (Fsp3) is 0.301. The van der Waals surface area contributed by atoms with E-state index in [2.05, 4.69) is 256 Å². The number of rotatable bonds is 9. The lowest BCUT2D eigenvalue weighted by Crippen LogP contribution is -2.30. The van der Waals surface area contributed by atoms with Crippen molar-refractivity contribution in [3.8, 4) is 67.2 Å². The normalized spacial score (nSPS) is 15.5. The quantitative estimate of drug-likeness (QED) is 0.128. The molecule has 0 aliphatic heterocycles. The second-order valence-corrected chi connectivity index (χ2v) is 22.1. The van der Waals surface area contributed by atoms with E-state index in [1.807, 2.05) is 0 Å². The number of aryl methyl sites for hydroxylation is 6. The average molecular weight is 1000 g/mol. The molecule has 3 aliphatic rings. The van der Waals surface area contributed by atoms with Crippen molar-refractivity contribution in [2.45, 2.75) is 122 Å². The third kappa shape index (κ3) is 12.4. The Morgan fingerprint density at radius 2 is 0.671 bits per heavy atom. The molecule has 0 radical (unpaired) electrons. The monoisotopic (exact) mass is 1000 g/mol. The van der Waals surface area contributed by atoms with Crippen LogP contribution in [0.5, 0.6) is 0 Å². The van der Waals surface area contributed by atoms with Gasteiger partial charge in [0.2, 0.25) is 17.1 Å². The summed E-state index contributed by atoms with van der Waals surface area (Å²) in [6.45, 7) is 6.50. The molecule has 76 heavy (non-hydrogen) atoms. The van der Waals surface area contributed by atoms with Crippen LogP contribution in [-0.4, -0.2) is 0 Å². The van der Waals surface area contributed by atoms with E-state index in [9.17, 15) is 0 Å². The first-order valence-electron chi connectivity index (χ1n) is 29.0. The van der Waals surface area contributed by atoms with Crippen LogP contribution in [0.3, 0.4) is 0 Å². The van der Waals surface area contributed by atoms with Gasteiger partial charge in [-0.05, 0) is 163 Å². The highest BCUT2D eigenvalue weighted by Crippen LogP contribution is 2.38. The van der Waals surface area contributed by atoms with Crippen LogP contribution in [0.2, 0.25) is 0 Å². The molecule has 0 amide bonds. The predicted molar refractivity (Wildman–Crippen MR) is 318 cm³/mol. The molecule has 0 atom stereocenters. The van der Waals surface area contributed by atoms with Crippen molar-refractivity contribution in [1.82, 2.24) is 0 Å². The summed E-state index contributed by atoms with van der Waals surface area (Å²) in [5, 5.41) is 0. The fourth-order valence-electron chi connectivity index (χ4n) is 12.4. The van der Waals surface area contributed by atoms with Gasteiger partial charge >= 0.3 is 0 Å². The molecule has 3 aliphatic carbocycles. The van der Waals surface area contributed by atoms with E-state index in [1.165, 1.54) is 171 Å². The molecule has 0 N–H and O–H groups in total. The minimum absolute atomic E-state index is 0.363. The van der Waals surface area contributed by atoms with Gasteiger partial charge in [-0.2, -0.15) is 0 Å². The number of aromatic nitrogens is 3. The average Bonchev–Trinajstić information content (AvgIpc) is 4.19. The Bertz CT molecular complexity index is 3430. The van der Waals surface area contributed by atoms with Gasteiger partial charge in [0.15, 0.2) is 18.6 Å². The third-order valence-electron chi connectivity index (χ3n) is 16.9. The minimum atomic E-state index is -0.363. The summed E-state index contributed by atoms with van der Waals surface area (Å²) in [7, 11) is 6.39. The largest absolute Gasteiger partial charge is 0.212 e. The Morgan fingerprint density at radius 3 is 1.09 bits per heavy atom. The molecule has 0 saturated heterocycles. The van der Waals surface area contributed by atoms with Crippen molar-refractivity contribution >= 4 is 0 Å². The second-order valence-electron chi connectivity index (χ2n) is 22.1. The first kappa shape index (κ1) is 50.9. The highest BCUT2D eigenvalue weighted by molar-refractivity contribution is 5.69. The van der Waals surface area contributed by atoms with E-state index in [-0.39, 0.29) is 5.89 Å². The first-order chi connectivity index (χ1) is 37.5. The Kier molecular flexibility index (Phi) is 16.5. The van der Waals surface area contributed by atoms with Gasteiger partial charge in [0.25, 0.3) is 0 Å². The molecule has 3 nitrogen and oxygen atoms in total. The van der Waals surface area contributed by atoms with Crippen molar-refractivity contribution in [2.24, 2.45) is 21.1 Å². The molecule has 0 spiro atoms. The molecule has 3 heteroatoms. The molecule has 9 aromatic rings. The number of hydrogen-bond acceptors (Lipinski definition) is 0. The van der Waals surface area contributed by atoms with Gasteiger partial charge in [-0.3, -0.25) is 0 Å². The SMILES string of the molecule is Cc1ccccc1-c1ccc(-c2ccc(C3CCCC3)cc2)c[n+]1C.Cc1ccccc1-c1ccc(-c2cccc(C3CCCCC3)c2)c[n+]1C.[2H]C1(c2ccc(-c3ccc(-c4ccccc4C)[n+](C)c3)cc2)CCCC1. The van der Waals surface area contributed by atoms with Gasteiger partial charge in [0.1, 0.15) is 21.1 Å². The standard InChI is InChI=1S/C25H28N.2C24H26N/c1-19-9-6-7-14-24(19)25-16-15-23(18-26(25)2)22-13-8-12-21(17-22)20-10-4-3-5-11-20;2*1-18-7-3-6-10-23(18)24-16-15-22(17-25(24)2)21-13-11-20(12-14-21)19-8-4-5-9-19/h6-9,12-18,20H,3-5,10-11H2,1-2H3;2*3,6-7,10-17,19H,4-5,8-9H2,1-2H3/q3*+1/i;19D;. The molecule has 3 heterocycles. The van der Waals surface area contributed by atoms with Crippen molar-refractivity contribution in [2.75, 3.05) is 0 Å². The van der Waals surface area contributed by atoms with Crippen LogP contribution >= 0.6 is 0 Å². The number of hydrogen-bond donors (Lipinski definition) is 0. The highest BCUT2D eigenvalue weighted by atomic mass is 14.9.